The zero-order chi connectivity index (χ0) is 12.3. The van der Waals surface area contributed by atoms with Crippen molar-refractivity contribution in [2.75, 3.05) is 11.9 Å². The lowest BCUT2D eigenvalue weighted by Crippen LogP contribution is -2.00. The van der Waals surface area contributed by atoms with E-state index in [0.717, 1.165) is 17.9 Å². The van der Waals surface area contributed by atoms with E-state index < -0.39 is 0 Å². The molecule has 0 saturated heterocycles. The van der Waals surface area contributed by atoms with E-state index in [1.165, 1.54) is 0 Å². The van der Waals surface area contributed by atoms with Gasteiger partial charge >= 0.3 is 0 Å². The van der Waals surface area contributed by atoms with E-state index in [2.05, 4.69) is 15.3 Å². The number of hydrogen-bond acceptors (Lipinski definition) is 3. The highest BCUT2D eigenvalue weighted by Gasteiger charge is 2.07. The molecule has 88 valence electrons. The highest BCUT2D eigenvalue weighted by Crippen LogP contribution is 2.28. The van der Waals surface area contributed by atoms with Gasteiger partial charge in [0, 0.05) is 23.3 Å². The molecule has 1 heterocycles. The Labute approximate surface area is 110 Å². The third-order valence-corrected chi connectivity index (χ3v) is 2.73. The molecule has 0 atom stereocenters. The summed E-state index contributed by atoms with van der Waals surface area (Å²) in [6.07, 6.45) is 1.70. The van der Waals surface area contributed by atoms with E-state index in [9.17, 15) is 0 Å². The van der Waals surface area contributed by atoms with E-state index >= 15 is 0 Å². The third kappa shape index (κ3) is 2.87. The van der Waals surface area contributed by atoms with E-state index in [1.807, 2.05) is 19.1 Å². The molecule has 0 unspecified atom stereocenters. The fourth-order valence-corrected chi connectivity index (χ4v) is 1.93. The van der Waals surface area contributed by atoms with Crippen LogP contribution in [-0.4, -0.2) is 16.5 Å². The van der Waals surface area contributed by atoms with Gasteiger partial charge in [-0.25, -0.2) is 9.97 Å². The number of aromatic nitrogens is 2. The van der Waals surface area contributed by atoms with Crippen LogP contribution in [0.3, 0.4) is 0 Å². The molecule has 1 N–H and O–H groups in total. The van der Waals surface area contributed by atoms with Crippen molar-refractivity contribution < 1.29 is 0 Å². The second kappa shape index (κ2) is 5.34. The molecule has 0 aliphatic rings. The first-order valence-corrected chi connectivity index (χ1v) is 5.98. The van der Waals surface area contributed by atoms with Crippen molar-refractivity contribution in [3.63, 3.8) is 0 Å². The van der Waals surface area contributed by atoms with Crippen molar-refractivity contribution in [2.45, 2.75) is 6.92 Å². The second-order valence-electron chi connectivity index (χ2n) is 3.42. The Morgan fingerprint density at radius 3 is 2.76 bits per heavy atom. The summed E-state index contributed by atoms with van der Waals surface area (Å²) < 4.78 is 0. The summed E-state index contributed by atoms with van der Waals surface area (Å²) in [6.45, 7) is 2.82. The van der Waals surface area contributed by atoms with Gasteiger partial charge in [-0.05, 0) is 31.2 Å². The fourth-order valence-electron chi connectivity index (χ4n) is 1.44. The predicted octanol–water partition coefficient (Wildman–Crippen LogP) is 3.88. The lowest BCUT2D eigenvalue weighted by Gasteiger charge is -2.06. The van der Waals surface area contributed by atoms with Crippen molar-refractivity contribution in [1.29, 1.82) is 0 Å². The lowest BCUT2D eigenvalue weighted by molar-refractivity contribution is 1.12. The summed E-state index contributed by atoms with van der Waals surface area (Å²) in [6, 6.07) is 7.08. The third-order valence-electron chi connectivity index (χ3n) is 2.19. The van der Waals surface area contributed by atoms with E-state index in [0.29, 0.717) is 15.9 Å². The van der Waals surface area contributed by atoms with Gasteiger partial charge in [0.25, 0.3) is 0 Å². The molecule has 0 aliphatic carbocycles. The first kappa shape index (κ1) is 12.1. The summed E-state index contributed by atoms with van der Waals surface area (Å²) in [5.74, 6) is 1.37. The van der Waals surface area contributed by atoms with Crippen molar-refractivity contribution in [1.82, 2.24) is 9.97 Å². The minimum atomic E-state index is 0.547. The molecule has 5 heteroatoms. The van der Waals surface area contributed by atoms with E-state index in [1.54, 1.807) is 18.3 Å². The molecular formula is C12H11Cl2N3. The van der Waals surface area contributed by atoms with Crippen LogP contribution >= 0.6 is 23.2 Å². The Balaban J connectivity index is 2.42. The van der Waals surface area contributed by atoms with Crippen LogP contribution in [-0.2, 0) is 0 Å². The van der Waals surface area contributed by atoms with Gasteiger partial charge in [0.05, 0.1) is 5.02 Å². The molecule has 0 saturated carbocycles. The number of halogens is 2. The van der Waals surface area contributed by atoms with Gasteiger partial charge < -0.3 is 5.32 Å². The lowest BCUT2D eigenvalue weighted by atomic mass is 10.2. The minimum absolute atomic E-state index is 0.547. The van der Waals surface area contributed by atoms with Crippen LogP contribution in [0, 0.1) is 0 Å². The quantitative estimate of drug-likeness (QED) is 0.917. The molecular weight excluding hydrogens is 257 g/mol. The monoisotopic (exact) mass is 267 g/mol. The van der Waals surface area contributed by atoms with Gasteiger partial charge in [0.1, 0.15) is 5.82 Å². The Bertz CT molecular complexity index is 529. The highest BCUT2D eigenvalue weighted by molar-refractivity contribution is 6.36. The fraction of sp³-hybridized carbons (Fsp3) is 0.167. The highest BCUT2D eigenvalue weighted by atomic mass is 35.5. The molecule has 3 nitrogen and oxygen atoms in total. The number of nitrogens with zero attached hydrogens (tertiary/aromatic N) is 2. The summed E-state index contributed by atoms with van der Waals surface area (Å²) in [5, 5.41) is 4.27. The van der Waals surface area contributed by atoms with Crippen molar-refractivity contribution in [3.8, 4) is 11.4 Å². The average molecular weight is 268 g/mol. The van der Waals surface area contributed by atoms with Crippen LogP contribution < -0.4 is 5.32 Å². The van der Waals surface area contributed by atoms with Gasteiger partial charge in [-0.2, -0.15) is 0 Å². The summed E-state index contributed by atoms with van der Waals surface area (Å²) in [5.41, 5.74) is 0.774. The standard InChI is InChI=1S/C12H11Cl2N3/c1-2-15-11-5-6-16-12(17-11)9-4-3-8(13)7-10(9)14/h3-7H,2H2,1H3,(H,15,16,17). The van der Waals surface area contributed by atoms with E-state index in [4.69, 9.17) is 23.2 Å². The molecule has 0 amide bonds. The normalized spacial score (nSPS) is 10.3. The number of benzene rings is 1. The SMILES string of the molecule is CCNc1ccnc(-c2ccc(Cl)cc2Cl)n1. The second-order valence-corrected chi connectivity index (χ2v) is 4.26. The first-order valence-electron chi connectivity index (χ1n) is 5.23. The zero-order valence-electron chi connectivity index (χ0n) is 9.24. The molecule has 0 spiro atoms. The minimum Gasteiger partial charge on any atom is -0.370 e. The topological polar surface area (TPSA) is 37.8 Å². The Kier molecular flexibility index (Phi) is 3.82. The van der Waals surface area contributed by atoms with E-state index in [-0.39, 0.29) is 0 Å². The van der Waals surface area contributed by atoms with Crippen molar-refractivity contribution in [2.24, 2.45) is 0 Å². The van der Waals surface area contributed by atoms with Crippen LogP contribution in [0.4, 0.5) is 5.82 Å². The molecule has 0 aliphatic heterocycles. The van der Waals surface area contributed by atoms with Crippen LogP contribution in [0.15, 0.2) is 30.5 Å². The molecule has 0 bridgehead atoms. The summed E-state index contributed by atoms with van der Waals surface area (Å²) in [4.78, 5) is 8.58. The Morgan fingerprint density at radius 1 is 1.24 bits per heavy atom. The Hall–Kier alpha value is -1.32. The maximum absolute atomic E-state index is 6.11. The molecule has 0 fully saturated rings. The van der Waals surface area contributed by atoms with Gasteiger partial charge in [-0.1, -0.05) is 23.2 Å². The smallest absolute Gasteiger partial charge is 0.162 e. The number of hydrogen-bond donors (Lipinski definition) is 1. The van der Waals surface area contributed by atoms with Crippen LogP contribution in [0.2, 0.25) is 10.0 Å². The maximum atomic E-state index is 6.11. The van der Waals surface area contributed by atoms with Gasteiger partial charge in [-0.3, -0.25) is 0 Å². The van der Waals surface area contributed by atoms with Gasteiger partial charge in [0.15, 0.2) is 5.82 Å². The predicted molar refractivity (Wildman–Crippen MR) is 71.7 cm³/mol. The first-order chi connectivity index (χ1) is 8.20. The van der Waals surface area contributed by atoms with Crippen LogP contribution in [0.1, 0.15) is 6.92 Å². The number of nitrogens with one attached hydrogen (secondary N) is 1. The molecule has 1 aromatic heterocycles. The summed E-state index contributed by atoms with van der Waals surface area (Å²) in [7, 11) is 0. The molecule has 17 heavy (non-hydrogen) atoms. The van der Waals surface area contributed by atoms with Gasteiger partial charge in [0.2, 0.25) is 0 Å². The molecule has 1 aromatic carbocycles. The Morgan fingerprint density at radius 2 is 2.06 bits per heavy atom. The van der Waals surface area contributed by atoms with Gasteiger partial charge in [-0.15, -0.1) is 0 Å². The summed E-state index contributed by atoms with van der Waals surface area (Å²) >= 11 is 12.0. The zero-order valence-corrected chi connectivity index (χ0v) is 10.8. The van der Waals surface area contributed by atoms with Crippen LogP contribution in [0.5, 0.6) is 0 Å². The molecule has 2 aromatic rings. The number of rotatable bonds is 3. The molecule has 2 rings (SSSR count). The molecule has 0 radical (unpaired) electrons. The number of anilines is 1. The largest absolute Gasteiger partial charge is 0.370 e. The average Bonchev–Trinajstić information content (AvgIpc) is 2.29. The van der Waals surface area contributed by atoms with Crippen LogP contribution in [0.25, 0.3) is 11.4 Å². The van der Waals surface area contributed by atoms with Crippen molar-refractivity contribution >= 4 is 29.0 Å². The maximum Gasteiger partial charge on any atom is 0.162 e. The van der Waals surface area contributed by atoms with Crippen molar-refractivity contribution in [3.05, 3.63) is 40.5 Å².